The largest absolute Gasteiger partial charge is 0.391 e. The first kappa shape index (κ1) is 13.3. The second-order valence-corrected chi connectivity index (χ2v) is 6.36. The number of anilines is 1. The van der Waals surface area contributed by atoms with Gasteiger partial charge in [0.25, 0.3) is 10.0 Å². The number of rotatable bonds is 4. The van der Waals surface area contributed by atoms with Crippen molar-refractivity contribution in [2.75, 3.05) is 4.72 Å². The first-order chi connectivity index (χ1) is 8.54. The minimum atomic E-state index is -3.78. The Morgan fingerprint density at radius 3 is 2.89 bits per heavy atom. The summed E-state index contributed by atoms with van der Waals surface area (Å²) in [6.07, 6.45) is 1.43. The summed E-state index contributed by atoms with van der Waals surface area (Å²) in [4.78, 5) is 4.26. The Hall–Kier alpha value is -1.15. The molecule has 0 aliphatic heterocycles. The molecule has 96 valence electrons. The van der Waals surface area contributed by atoms with E-state index in [4.69, 9.17) is 16.7 Å². The van der Waals surface area contributed by atoms with Crippen molar-refractivity contribution in [2.45, 2.75) is 11.5 Å². The lowest BCUT2D eigenvalue weighted by atomic mass is 10.5. The molecule has 2 rings (SSSR count). The summed E-state index contributed by atoms with van der Waals surface area (Å²) in [5.74, 6) is 0.0641. The molecule has 2 aromatic heterocycles. The van der Waals surface area contributed by atoms with Crippen molar-refractivity contribution in [1.29, 1.82) is 0 Å². The van der Waals surface area contributed by atoms with Crippen LogP contribution in [-0.4, -0.2) is 18.5 Å². The summed E-state index contributed by atoms with van der Waals surface area (Å²) >= 11 is 7.00. The molecule has 0 aliphatic rings. The Morgan fingerprint density at radius 2 is 2.22 bits per heavy atom. The van der Waals surface area contributed by atoms with Crippen LogP contribution in [0.4, 0.5) is 5.82 Å². The standard InChI is InChI=1S/C10H9ClN2O3S2/c11-7-2-1-4-12-10(7)13-18(15,16)9-3-5-17-8(9)6-14/h1-5,14H,6H2,(H,12,13). The van der Waals surface area contributed by atoms with E-state index in [1.165, 1.54) is 29.7 Å². The lowest BCUT2D eigenvalue weighted by Crippen LogP contribution is -2.14. The van der Waals surface area contributed by atoms with E-state index in [1.807, 2.05) is 0 Å². The predicted molar refractivity (Wildman–Crippen MR) is 70.3 cm³/mol. The van der Waals surface area contributed by atoms with Crippen LogP contribution < -0.4 is 4.72 Å². The van der Waals surface area contributed by atoms with Crippen molar-refractivity contribution >= 4 is 38.8 Å². The van der Waals surface area contributed by atoms with Crippen molar-refractivity contribution < 1.29 is 13.5 Å². The predicted octanol–water partition coefficient (Wildman–Crippen LogP) is 2.09. The lowest BCUT2D eigenvalue weighted by molar-refractivity contribution is 0.282. The van der Waals surface area contributed by atoms with Gasteiger partial charge < -0.3 is 5.11 Å². The van der Waals surface area contributed by atoms with E-state index in [9.17, 15) is 8.42 Å². The third-order valence-corrected chi connectivity index (χ3v) is 4.89. The molecule has 0 bridgehead atoms. The molecular formula is C10H9ClN2O3S2. The second kappa shape index (κ2) is 5.23. The third kappa shape index (κ3) is 2.64. The number of aliphatic hydroxyl groups excluding tert-OH is 1. The Balaban J connectivity index is 2.37. The molecule has 8 heteroatoms. The zero-order valence-corrected chi connectivity index (χ0v) is 11.4. The monoisotopic (exact) mass is 304 g/mol. The van der Waals surface area contributed by atoms with Crippen LogP contribution >= 0.6 is 22.9 Å². The van der Waals surface area contributed by atoms with Crippen LogP contribution in [0.25, 0.3) is 0 Å². The van der Waals surface area contributed by atoms with Gasteiger partial charge in [-0.3, -0.25) is 4.72 Å². The third-order valence-electron chi connectivity index (χ3n) is 2.13. The van der Waals surface area contributed by atoms with E-state index in [0.717, 1.165) is 0 Å². The van der Waals surface area contributed by atoms with Crippen molar-refractivity contribution in [2.24, 2.45) is 0 Å². The fraction of sp³-hybridized carbons (Fsp3) is 0.100. The summed E-state index contributed by atoms with van der Waals surface area (Å²) in [5, 5.41) is 10.9. The fourth-order valence-corrected chi connectivity index (χ4v) is 3.88. The van der Waals surface area contributed by atoms with E-state index >= 15 is 0 Å². The van der Waals surface area contributed by atoms with Crippen LogP contribution in [-0.2, 0) is 16.6 Å². The molecule has 0 spiro atoms. The molecule has 0 atom stereocenters. The quantitative estimate of drug-likeness (QED) is 0.906. The summed E-state index contributed by atoms with van der Waals surface area (Å²) in [5.41, 5.74) is 0. The highest BCUT2D eigenvalue weighted by Crippen LogP contribution is 2.26. The highest BCUT2D eigenvalue weighted by Gasteiger charge is 2.20. The van der Waals surface area contributed by atoms with Crippen molar-refractivity contribution in [1.82, 2.24) is 4.98 Å². The molecule has 2 heterocycles. The summed E-state index contributed by atoms with van der Waals surface area (Å²) in [6, 6.07) is 4.56. The van der Waals surface area contributed by atoms with Gasteiger partial charge in [0.05, 0.1) is 16.5 Å². The minimum absolute atomic E-state index is 0.0386. The molecule has 0 saturated heterocycles. The number of sulfonamides is 1. The first-order valence-electron chi connectivity index (χ1n) is 4.85. The van der Waals surface area contributed by atoms with Gasteiger partial charge in [-0.1, -0.05) is 11.6 Å². The molecule has 0 aliphatic carbocycles. The maximum Gasteiger partial charge on any atom is 0.264 e. The second-order valence-electron chi connectivity index (χ2n) is 3.31. The normalized spacial score (nSPS) is 11.4. The number of aromatic nitrogens is 1. The maximum absolute atomic E-state index is 12.1. The molecule has 0 unspecified atom stereocenters. The van der Waals surface area contributed by atoms with Gasteiger partial charge in [0, 0.05) is 6.20 Å². The topological polar surface area (TPSA) is 79.3 Å². The van der Waals surface area contributed by atoms with E-state index in [0.29, 0.717) is 4.88 Å². The molecule has 0 fully saturated rings. The van der Waals surface area contributed by atoms with Gasteiger partial charge in [0.15, 0.2) is 5.82 Å². The van der Waals surface area contributed by atoms with Crippen molar-refractivity contribution in [3.63, 3.8) is 0 Å². The number of halogens is 1. The minimum Gasteiger partial charge on any atom is -0.391 e. The maximum atomic E-state index is 12.1. The molecule has 5 nitrogen and oxygen atoms in total. The number of hydrogen-bond donors (Lipinski definition) is 2. The number of aliphatic hydroxyl groups is 1. The fourth-order valence-electron chi connectivity index (χ4n) is 1.33. The van der Waals surface area contributed by atoms with Crippen LogP contribution in [0.2, 0.25) is 5.02 Å². The molecule has 0 aromatic carbocycles. The Morgan fingerprint density at radius 1 is 1.44 bits per heavy atom. The number of nitrogens with one attached hydrogen (secondary N) is 1. The van der Waals surface area contributed by atoms with E-state index in [1.54, 1.807) is 11.4 Å². The van der Waals surface area contributed by atoms with Crippen LogP contribution in [0.5, 0.6) is 0 Å². The van der Waals surface area contributed by atoms with Gasteiger partial charge in [0.2, 0.25) is 0 Å². The molecule has 2 N–H and O–H groups in total. The molecular weight excluding hydrogens is 296 g/mol. The average Bonchev–Trinajstić information content (AvgIpc) is 2.81. The van der Waals surface area contributed by atoms with Gasteiger partial charge >= 0.3 is 0 Å². The highest BCUT2D eigenvalue weighted by molar-refractivity contribution is 7.93. The number of hydrogen-bond acceptors (Lipinski definition) is 5. The highest BCUT2D eigenvalue weighted by atomic mass is 35.5. The van der Waals surface area contributed by atoms with E-state index in [-0.39, 0.29) is 22.3 Å². The van der Waals surface area contributed by atoms with Crippen LogP contribution in [0.15, 0.2) is 34.7 Å². The van der Waals surface area contributed by atoms with Crippen LogP contribution in [0, 0.1) is 0 Å². The van der Waals surface area contributed by atoms with Crippen LogP contribution in [0.3, 0.4) is 0 Å². The number of nitrogens with zero attached hydrogens (tertiary/aromatic N) is 1. The SMILES string of the molecule is O=S(=O)(Nc1ncccc1Cl)c1ccsc1CO. The number of pyridine rings is 1. The van der Waals surface area contributed by atoms with Gasteiger partial charge in [-0.15, -0.1) is 11.3 Å². The van der Waals surface area contributed by atoms with E-state index in [2.05, 4.69) is 9.71 Å². The number of thiophene rings is 1. The van der Waals surface area contributed by atoms with Crippen molar-refractivity contribution in [3.05, 3.63) is 39.7 Å². The zero-order chi connectivity index (χ0) is 13.2. The van der Waals surface area contributed by atoms with Gasteiger partial charge in [-0.05, 0) is 23.6 Å². The van der Waals surface area contributed by atoms with Gasteiger partial charge in [-0.25, -0.2) is 13.4 Å². The molecule has 0 radical (unpaired) electrons. The zero-order valence-electron chi connectivity index (χ0n) is 9.00. The molecule has 0 saturated carbocycles. The van der Waals surface area contributed by atoms with Gasteiger partial charge in [0.1, 0.15) is 4.90 Å². The Labute approximate surface area is 113 Å². The molecule has 2 aromatic rings. The first-order valence-corrected chi connectivity index (χ1v) is 7.59. The lowest BCUT2D eigenvalue weighted by Gasteiger charge is -2.08. The Bertz CT molecular complexity index is 655. The van der Waals surface area contributed by atoms with E-state index < -0.39 is 10.0 Å². The summed E-state index contributed by atoms with van der Waals surface area (Å²) in [6.45, 7) is -0.330. The smallest absolute Gasteiger partial charge is 0.264 e. The van der Waals surface area contributed by atoms with Gasteiger partial charge in [-0.2, -0.15) is 0 Å². The molecule has 0 amide bonds. The van der Waals surface area contributed by atoms with Crippen LogP contribution in [0.1, 0.15) is 4.88 Å². The summed E-state index contributed by atoms with van der Waals surface area (Å²) < 4.78 is 26.4. The molecule has 18 heavy (non-hydrogen) atoms. The van der Waals surface area contributed by atoms with Crippen molar-refractivity contribution in [3.8, 4) is 0 Å². The summed E-state index contributed by atoms with van der Waals surface area (Å²) in [7, 11) is -3.78. The average molecular weight is 305 g/mol. The Kier molecular flexibility index (Phi) is 3.86.